The summed E-state index contributed by atoms with van der Waals surface area (Å²) in [4.78, 5) is 4.56. The van der Waals surface area contributed by atoms with Crippen LogP contribution in [0.15, 0.2) is 92.7 Å². The molecule has 32 heavy (non-hydrogen) atoms. The predicted octanol–water partition coefficient (Wildman–Crippen LogP) is 5.67. The van der Waals surface area contributed by atoms with E-state index in [0.717, 1.165) is 34.4 Å². The van der Waals surface area contributed by atoms with Crippen LogP contribution in [0, 0.1) is 5.41 Å². The molecule has 1 heterocycles. The summed E-state index contributed by atoms with van der Waals surface area (Å²) in [6.07, 6.45) is 5.38. The van der Waals surface area contributed by atoms with Gasteiger partial charge in [-0.25, -0.2) is 4.98 Å². The van der Waals surface area contributed by atoms with E-state index in [9.17, 15) is 0 Å². The van der Waals surface area contributed by atoms with Gasteiger partial charge in [0, 0.05) is 17.8 Å². The fraction of sp³-hybridized carbons (Fsp3) is 0.0400. The van der Waals surface area contributed by atoms with Crippen molar-refractivity contribution in [1.82, 2.24) is 9.55 Å². The first-order valence-electron chi connectivity index (χ1n) is 9.88. The molecule has 160 valence electrons. The van der Waals surface area contributed by atoms with Crippen LogP contribution < -0.4 is 19.5 Å². The largest absolute Gasteiger partial charge is 0.463 e. The van der Waals surface area contributed by atoms with E-state index in [0.29, 0.717) is 23.8 Å². The lowest BCUT2D eigenvalue weighted by molar-refractivity contribution is 0.442. The van der Waals surface area contributed by atoms with Crippen LogP contribution in [0.25, 0.3) is 16.7 Å². The van der Waals surface area contributed by atoms with Gasteiger partial charge in [0.05, 0.1) is 29.2 Å². The van der Waals surface area contributed by atoms with Crippen LogP contribution in [0.1, 0.15) is 5.56 Å². The quantitative estimate of drug-likeness (QED) is 0.194. The van der Waals surface area contributed by atoms with Crippen LogP contribution >= 0.6 is 0 Å². The van der Waals surface area contributed by atoms with Crippen molar-refractivity contribution in [2.24, 2.45) is 0 Å². The second kappa shape index (κ2) is 9.53. The zero-order chi connectivity index (χ0) is 22.3. The van der Waals surface area contributed by atoms with Gasteiger partial charge in [-0.05, 0) is 36.4 Å². The molecule has 0 saturated heterocycles. The van der Waals surface area contributed by atoms with Crippen molar-refractivity contribution >= 4 is 23.1 Å². The maximum Gasteiger partial charge on any atom is 0.174 e. The fourth-order valence-corrected chi connectivity index (χ4v) is 3.43. The van der Waals surface area contributed by atoms with E-state index in [-0.39, 0.29) is 0 Å². The van der Waals surface area contributed by atoms with Gasteiger partial charge in [-0.3, -0.25) is 9.98 Å². The minimum absolute atomic E-state index is 0.453. The summed E-state index contributed by atoms with van der Waals surface area (Å²) < 4.78 is 18.3. The van der Waals surface area contributed by atoms with E-state index >= 15 is 0 Å². The highest BCUT2D eigenvalue weighted by atomic mass is 16.5. The topological polar surface area (TPSA) is 81.4 Å². The van der Waals surface area contributed by atoms with E-state index < -0.39 is 0 Å². The Morgan fingerprint density at radius 1 is 0.938 bits per heavy atom. The molecule has 0 saturated carbocycles. The van der Waals surface area contributed by atoms with Crippen LogP contribution in [-0.2, 0) is 6.54 Å². The van der Waals surface area contributed by atoms with Crippen molar-refractivity contribution < 1.29 is 14.2 Å². The minimum atomic E-state index is 0.453. The standard InChI is InChI=1S/C25H22N4O3/c1-3-30-23-10-6-5-9-22(23)29-17-28-20-14-19(12-13-21(20)29)27-15-18-8-7-11-24(32-16-26)25(18)31-4-2/h3-14,16-17,26-27H,1-2,15H2. The molecule has 0 aliphatic heterocycles. The third-order valence-corrected chi connectivity index (χ3v) is 4.81. The van der Waals surface area contributed by atoms with Gasteiger partial charge in [0.1, 0.15) is 6.33 Å². The minimum Gasteiger partial charge on any atom is -0.463 e. The number of rotatable bonds is 10. The van der Waals surface area contributed by atoms with E-state index in [1.54, 1.807) is 12.4 Å². The van der Waals surface area contributed by atoms with Crippen molar-refractivity contribution in [3.05, 3.63) is 98.2 Å². The number of nitrogens with one attached hydrogen (secondary N) is 2. The first-order valence-corrected chi connectivity index (χ1v) is 9.88. The molecular weight excluding hydrogens is 404 g/mol. The zero-order valence-corrected chi connectivity index (χ0v) is 17.3. The molecule has 0 radical (unpaired) electrons. The van der Waals surface area contributed by atoms with Crippen LogP contribution in [0.3, 0.4) is 0 Å². The molecule has 0 fully saturated rings. The molecule has 0 aliphatic rings. The summed E-state index contributed by atoms with van der Waals surface area (Å²) in [5.74, 6) is 1.67. The molecule has 4 rings (SSSR count). The number of aromatic nitrogens is 2. The maximum absolute atomic E-state index is 7.19. The summed E-state index contributed by atoms with van der Waals surface area (Å²) in [5, 5.41) is 10.6. The van der Waals surface area contributed by atoms with Gasteiger partial charge < -0.3 is 19.5 Å². The molecule has 0 bridgehead atoms. The summed E-state index contributed by atoms with van der Waals surface area (Å²) in [5.41, 5.74) is 4.44. The van der Waals surface area contributed by atoms with Crippen LogP contribution in [0.2, 0.25) is 0 Å². The van der Waals surface area contributed by atoms with Crippen molar-refractivity contribution in [3.8, 4) is 22.9 Å². The summed E-state index contributed by atoms with van der Waals surface area (Å²) >= 11 is 0. The van der Waals surface area contributed by atoms with Gasteiger partial charge in [-0.2, -0.15) is 0 Å². The predicted molar refractivity (Wildman–Crippen MR) is 126 cm³/mol. The average molecular weight is 426 g/mol. The smallest absolute Gasteiger partial charge is 0.174 e. The van der Waals surface area contributed by atoms with Gasteiger partial charge in [-0.1, -0.05) is 37.4 Å². The van der Waals surface area contributed by atoms with Gasteiger partial charge in [0.2, 0.25) is 0 Å². The first-order chi connectivity index (χ1) is 15.7. The molecule has 0 unspecified atom stereocenters. The zero-order valence-electron chi connectivity index (χ0n) is 17.3. The summed E-state index contributed by atoms with van der Waals surface area (Å²) in [7, 11) is 0. The maximum atomic E-state index is 7.19. The second-order valence-electron chi connectivity index (χ2n) is 6.69. The highest BCUT2D eigenvalue weighted by Gasteiger charge is 2.12. The Bertz CT molecular complexity index is 1280. The van der Waals surface area contributed by atoms with Gasteiger partial charge >= 0.3 is 0 Å². The number of nitrogens with zero attached hydrogens (tertiary/aromatic N) is 2. The third kappa shape index (κ3) is 4.17. The number of imidazole rings is 1. The van der Waals surface area contributed by atoms with Crippen molar-refractivity contribution in [2.45, 2.75) is 6.54 Å². The fourth-order valence-electron chi connectivity index (χ4n) is 3.43. The highest BCUT2D eigenvalue weighted by molar-refractivity contribution is 5.81. The average Bonchev–Trinajstić information content (AvgIpc) is 3.23. The highest BCUT2D eigenvalue weighted by Crippen LogP contribution is 2.32. The van der Waals surface area contributed by atoms with Crippen LogP contribution in [0.5, 0.6) is 17.2 Å². The monoisotopic (exact) mass is 426 g/mol. The molecule has 7 heteroatoms. The lowest BCUT2D eigenvalue weighted by atomic mass is 10.1. The number of para-hydroxylation sites is 3. The molecule has 0 atom stereocenters. The molecule has 7 nitrogen and oxygen atoms in total. The molecule has 0 amide bonds. The molecule has 1 aromatic heterocycles. The van der Waals surface area contributed by atoms with Crippen molar-refractivity contribution in [2.75, 3.05) is 5.32 Å². The number of benzene rings is 3. The number of ether oxygens (including phenoxy) is 3. The van der Waals surface area contributed by atoms with Crippen LogP contribution in [-0.4, -0.2) is 16.0 Å². The number of fused-ring (bicyclic) bond motifs is 1. The summed E-state index contributed by atoms with van der Waals surface area (Å²) in [6.45, 7) is 7.74. The Morgan fingerprint density at radius 3 is 2.56 bits per heavy atom. The van der Waals surface area contributed by atoms with E-state index in [4.69, 9.17) is 19.6 Å². The van der Waals surface area contributed by atoms with Gasteiger partial charge in [-0.15, -0.1) is 0 Å². The van der Waals surface area contributed by atoms with E-state index in [1.165, 1.54) is 12.5 Å². The third-order valence-electron chi connectivity index (χ3n) is 4.81. The lowest BCUT2D eigenvalue weighted by Crippen LogP contribution is -2.03. The molecule has 3 aromatic carbocycles. The van der Waals surface area contributed by atoms with Gasteiger partial charge in [0.15, 0.2) is 23.6 Å². The SMILES string of the molecule is C=COc1ccccc1-n1cnc2cc(NCc3cccc(OC=N)c3OC=C)ccc21. The number of anilines is 1. The molecule has 0 spiro atoms. The second-order valence-corrected chi connectivity index (χ2v) is 6.69. The number of hydrogen-bond acceptors (Lipinski definition) is 6. The Labute approximate surface area is 185 Å². The number of hydrogen-bond donors (Lipinski definition) is 2. The van der Waals surface area contributed by atoms with E-state index in [2.05, 4.69) is 23.5 Å². The van der Waals surface area contributed by atoms with Gasteiger partial charge in [0.25, 0.3) is 0 Å². The molecule has 0 aliphatic carbocycles. The molecular formula is C25H22N4O3. The Hall–Kier alpha value is -4.52. The molecule has 2 N–H and O–H groups in total. The summed E-state index contributed by atoms with van der Waals surface area (Å²) in [6, 6.07) is 19.2. The normalized spacial score (nSPS) is 10.4. The Morgan fingerprint density at radius 2 is 1.75 bits per heavy atom. The van der Waals surface area contributed by atoms with Crippen LogP contribution in [0.4, 0.5) is 5.69 Å². The Balaban J connectivity index is 1.59. The first kappa shape index (κ1) is 20.7. The van der Waals surface area contributed by atoms with Crippen molar-refractivity contribution in [1.29, 1.82) is 5.41 Å². The Kier molecular flexibility index (Phi) is 6.17. The molecule has 4 aromatic rings. The van der Waals surface area contributed by atoms with Crippen molar-refractivity contribution in [3.63, 3.8) is 0 Å². The lowest BCUT2D eigenvalue weighted by Gasteiger charge is -2.14. The van der Waals surface area contributed by atoms with E-state index in [1.807, 2.05) is 59.2 Å².